The Morgan fingerprint density at radius 3 is 2.62 bits per heavy atom. The molecule has 0 saturated carbocycles. The number of hydrogen-bond donors (Lipinski definition) is 2. The molecule has 3 heterocycles. The molecule has 2 saturated heterocycles. The van der Waals surface area contributed by atoms with Crippen LogP contribution in [0.1, 0.15) is 19.3 Å². The number of halogens is 1. The molecule has 3 N–H and O–H groups in total. The Kier molecular flexibility index (Phi) is 5.06. The lowest BCUT2D eigenvalue weighted by Crippen LogP contribution is -2.49. The molecule has 0 unspecified atom stereocenters. The number of urea groups is 1. The second-order valence-corrected chi connectivity index (χ2v) is 6.73. The summed E-state index contributed by atoms with van der Waals surface area (Å²) >= 11 is 0. The van der Waals surface area contributed by atoms with E-state index in [0.717, 1.165) is 42.5 Å². The van der Waals surface area contributed by atoms with Gasteiger partial charge in [0.15, 0.2) is 5.82 Å². The molecule has 4 rings (SSSR count). The predicted molar refractivity (Wildman–Crippen MR) is 103 cm³/mol. The number of nitrogens with two attached hydrogens (primary N) is 1. The van der Waals surface area contributed by atoms with Crippen molar-refractivity contribution in [1.82, 2.24) is 15.1 Å². The monoisotopic (exact) mass is 378 g/mol. The largest absolute Gasteiger partial charge is 0.371 e. The third-order valence-corrected chi connectivity index (χ3v) is 5.03. The van der Waals surface area contributed by atoms with Crippen LogP contribution in [0.3, 0.4) is 0 Å². The van der Waals surface area contributed by atoms with E-state index in [1.165, 1.54) is 4.90 Å². The van der Waals surface area contributed by atoms with Crippen LogP contribution in [0.2, 0.25) is 0 Å². The number of nitrogens with zero attached hydrogens (tertiary/aromatic N) is 4. The van der Waals surface area contributed by atoms with Crippen LogP contribution in [0.5, 0.6) is 0 Å². The number of imide groups is 1. The Morgan fingerprint density at radius 2 is 1.92 bits per heavy atom. The highest BCUT2D eigenvalue weighted by Gasteiger charge is 2.28. The summed E-state index contributed by atoms with van der Waals surface area (Å²) in [4.78, 5) is 27.4. The second-order valence-electron chi connectivity index (χ2n) is 6.73. The molecular formula is C17H23ClN6O2. The molecule has 2 aliphatic rings. The van der Waals surface area contributed by atoms with Crippen molar-refractivity contribution in [1.29, 1.82) is 0 Å². The number of aryl methyl sites for hydroxylation is 1. The number of carbonyl (C=O) groups is 2. The van der Waals surface area contributed by atoms with E-state index in [1.54, 1.807) is 4.68 Å². The van der Waals surface area contributed by atoms with E-state index in [2.05, 4.69) is 27.4 Å². The molecule has 0 radical (unpaired) electrons. The van der Waals surface area contributed by atoms with Crippen LogP contribution in [-0.2, 0) is 11.8 Å². The molecule has 0 aliphatic carbocycles. The molecule has 2 aromatic rings. The molecule has 9 heteroatoms. The topological polar surface area (TPSA) is 96.5 Å². The summed E-state index contributed by atoms with van der Waals surface area (Å²) in [5, 5.41) is 7.77. The summed E-state index contributed by atoms with van der Waals surface area (Å²) in [5.41, 5.74) is 8.10. The molecule has 0 bridgehead atoms. The van der Waals surface area contributed by atoms with E-state index >= 15 is 0 Å². The number of hydrogen-bond acceptors (Lipinski definition) is 5. The van der Waals surface area contributed by atoms with Crippen LogP contribution in [0.15, 0.2) is 18.2 Å². The van der Waals surface area contributed by atoms with Crippen LogP contribution >= 0.6 is 12.4 Å². The van der Waals surface area contributed by atoms with Crippen LogP contribution < -0.4 is 20.9 Å². The Labute approximate surface area is 157 Å². The first-order chi connectivity index (χ1) is 12.0. The molecule has 1 aromatic heterocycles. The van der Waals surface area contributed by atoms with E-state index < -0.39 is 6.03 Å². The summed E-state index contributed by atoms with van der Waals surface area (Å²) in [6, 6.07) is 6.06. The lowest BCUT2D eigenvalue weighted by Gasteiger charge is -2.32. The molecule has 2 fully saturated rings. The van der Waals surface area contributed by atoms with Gasteiger partial charge in [0.05, 0.1) is 5.52 Å². The average molecular weight is 379 g/mol. The van der Waals surface area contributed by atoms with Gasteiger partial charge in [0.2, 0.25) is 5.91 Å². The number of amides is 3. The van der Waals surface area contributed by atoms with Gasteiger partial charge in [-0.2, -0.15) is 5.10 Å². The highest BCUT2D eigenvalue weighted by Crippen LogP contribution is 2.31. The van der Waals surface area contributed by atoms with Gasteiger partial charge >= 0.3 is 6.03 Å². The van der Waals surface area contributed by atoms with Gasteiger partial charge in [-0.1, -0.05) is 0 Å². The number of rotatable bonds is 2. The molecule has 0 spiro atoms. The number of carbonyl (C=O) groups excluding carboxylic acids is 2. The van der Waals surface area contributed by atoms with Crippen LogP contribution in [0.4, 0.5) is 16.3 Å². The van der Waals surface area contributed by atoms with Gasteiger partial charge in [-0.15, -0.1) is 12.4 Å². The summed E-state index contributed by atoms with van der Waals surface area (Å²) < 4.78 is 1.79. The Bertz CT molecular complexity index is 843. The molecule has 2 aliphatic heterocycles. The van der Waals surface area contributed by atoms with Crippen molar-refractivity contribution >= 4 is 46.8 Å². The lowest BCUT2D eigenvalue weighted by molar-refractivity contribution is -0.120. The first-order valence-electron chi connectivity index (χ1n) is 8.61. The number of anilines is 2. The minimum Gasteiger partial charge on any atom is -0.371 e. The highest BCUT2D eigenvalue weighted by molar-refractivity contribution is 6.09. The third-order valence-electron chi connectivity index (χ3n) is 5.03. The van der Waals surface area contributed by atoms with Crippen LogP contribution in [0.25, 0.3) is 10.9 Å². The SMILES string of the molecule is Cl.Cn1nc(N2CCC(=O)NC2=O)c2ccc(N3CCC(N)CC3)cc21. The van der Waals surface area contributed by atoms with Crippen molar-refractivity contribution in [2.24, 2.45) is 12.8 Å². The fourth-order valence-corrected chi connectivity index (χ4v) is 3.55. The van der Waals surface area contributed by atoms with E-state index in [0.29, 0.717) is 18.4 Å². The summed E-state index contributed by atoms with van der Waals surface area (Å²) in [6.45, 7) is 2.25. The zero-order chi connectivity index (χ0) is 17.6. The lowest BCUT2D eigenvalue weighted by atomic mass is 10.1. The van der Waals surface area contributed by atoms with E-state index in [-0.39, 0.29) is 24.7 Å². The van der Waals surface area contributed by atoms with Gasteiger partial charge in [-0.3, -0.25) is 19.7 Å². The first-order valence-corrected chi connectivity index (χ1v) is 8.61. The fraction of sp³-hybridized carbons (Fsp3) is 0.471. The predicted octanol–water partition coefficient (Wildman–Crippen LogP) is 1.37. The zero-order valence-corrected chi connectivity index (χ0v) is 15.5. The Morgan fingerprint density at radius 1 is 1.19 bits per heavy atom. The molecule has 8 nitrogen and oxygen atoms in total. The molecule has 26 heavy (non-hydrogen) atoms. The third kappa shape index (κ3) is 3.22. The number of fused-ring (bicyclic) bond motifs is 1. The molecule has 0 atom stereocenters. The van der Waals surface area contributed by atoms with Crippen LogP contribution in [-0.4, -0.2) is 47.4 Å². The van der Waals surface area contributed by atoms with Crippen molar-refractivity contribution in [3.05, 3.63) is 18.2 Å². The van der Waals surface area contributed by atoms with E-state index in [1.807, 2.05) is 13.1 Å². The normalized spacial score (nSPS) is 18.8. The van der Waals surface area contributed by atoms with E-state index in [9.17, 15) is 9.59 Å². The quantitative estimate of drug-likeness (QED) is 0.822. The van der Waals surface area contributed by atoms with Gasteiger partial charge < -0.3 is 10.6 Å². The minimum atomic E-state index is -0.412. The van der Waals surface area contributed by atoms with Crippen molar-refractivity contribution < 1.29 is 9.59 Å². The maximum Gasteiger partial charge on any atom is 0.329 e. The van der Waals surface area contributed by atoms with Crippen molar-refractivity contribution in [2.75, 3.05) is 29.4 Å². The smallest absolute Gasteiger partial charge is 0.329 e. The zero-order valence-electron chi connectivity index (χ0n) is 14.6. The second kappa shape index (κ2) is 7.13. The molecular weight excluding hydrogens is 356 g/mol. The van der Waals surface area contributed by atoms with Crippen molar-refractivity contribution in [3.63, 3.8) is 0 Å². The number of piperidine rings is 1. The summed E-state index contributed by atoms with van der Waals surface area (Å²) in [6.07, 6.45) is 2.28. The standard InChI is InChI=1S/C17H22N6O2.ClH/c1-21-14-10-12(22-7-4-11(18)5-8-22)2-3-13(14)16(20-21)23-9-6-15(24)19-17(23)25;/h2-3,10-11H,4-9,18H2,1H3,(H,19,24,25);1H. The summed E-state index contributed by atoms with van der Waals surface area (Å²) in [7, 11) is 1.87. The van der Waals surface area contributed by atoms with Gasteiger partial charge in [0.1, 0.15) is 0 Å². The Balaban J connectivity index is 0.00000196. The van der Waals surface area contributed by atoms with Crippen molar-refractivity contribution in [3.8, 4) is 0 Å². The van der Waals surface area contributed by atoms with Gasteiger partial charge in [-0.25, -0.2) is 4.79 Å². The van der Waals surface area contributed by atoms with Gasteiger partial charge in [0, 0.05) is 50.2 Å². The fourth-order valence-electron chi connectivity index (χ4n) is 3.55. The number of aromatic nitrogens is 2. The summed E-state index contributed by atoms with van der Waals surface area (Å²) in [5.74, 6) is 0.349. The van der Waals surface area contributed by atoms with Crippen molar-refractivity contribution in [2.45, 2.75) is 25.3 Å². The minimum absolute atomic E-state index is 0. The van der Waals surface area contributed by atoms with E-state index in [4.69, 9.17) is 5.73 Å². The average Bonchev–Trinajstić information content (AvgIpc) is 2.92. The number of benzene rings is 1. The molecule has 140 valence electrons. The maximum atomic E-state index is 12.1. The first kappa shape index (κ1) is 18.5. The number of nitrogens with one attached hydrogen (secondary N) is 1. The van der Waals surface area contributed by atoms with Gasteiger partial charge in [0.25, 0.3) is 0 Å². The highest BCUT2D eigenvalue weighted by atomic mass is 35.5. The Hall–Kier alpha value is -2.32. The molecule has 1 aromatic carbocycles. The van der Waals surface area contributed by atoms with Crippen LogP contribution in [0, 0.1) is 0 Å². The maximum absolute atomic E-state index is 12.1. The van der Waals surface area contributed by atoms with Gasteiger partial charge in [-0.05, 0) is 31.0 Å². The molecule has 3 amide bonds.